The van der Waals surface area contributed by atoms with Crippen molar-refractivity contribution in [2.24, 2.45) is 0 Å². The molecule has 0 atom stereocenters. The summed E-state index contributed by atoms with van der Waals surface area (Å²) in [5.41, 5.74) is 0.749. The standard InChI is InChI=1S/C20H24N4O6S/c25-20(21-9-8-16-4-2-1-3-5-16)15-22-18-7-6-17(14-19(18)24(26)27)31(28,29)23-10-12-30-13-11-23/h1-7,14,22H,8-13,15H2,(H,21,25). The van der Waals surface area contributed by atoms with Gasteiger partial charge in [-0.1, -0.05) is 30.3 Å². The van der Waals surface area contributed by atoms with Crippen LogP contribution in [0, 0.1) is 10.1 Å². The molecule has 0 bridgehead atoms. The van der Waals surface area contributed by atoms with E-state index in [4.69, 9.17) is 4.74 Å². The first-order valence-corrected chi connectivity index (χ1v) is 11.2. The minimum absolute atomic E-state index is 0.0733. The number of benzene rings is 2. The van der Waals surface area contributed by atoms with E-state index in [9.17, 15) is 23.3 Å². The molecule has 1 aliphatic rings. The van der Waals surface area contributed by atoms with Crippen molar-refractivity contribution in [2.45, 2.75) is 11.3 Å². The number of hydrogen-bond donors (Lipinski definition) is 2. The molecular formula is C20H24N4O6S. The lowest BCUT2D eigenvalue weighted by Crippen LogP contribution is -2.40. The highest BCUT2D eigenvalue weighted by molar-refractivity contribution is 7.89. The second-order valence-electron chi connectivity index (χ2n) is 6.89. The van der Waals surface area contributed by atoms with E-state index in [1.165, 1.54) is 16.4 Å². The average molecular weight is 449 g/mol. The van der Waals surface area contributed by atoms with Crippen LogP contribution in [0.5, 0.6) is 0 Å². The van der Waals surface area contributed by atoms with Gasteiger partial charge in [0, 0.05) is 25.7 Å². The Bertz CT molecular complexity index is 1020. The summed E-state index contributed by atoms with van der Waals surface area (Å²) in [6.07, 6.45) is 0.667. The number of nitro benzene ring substituents is 1. The number of sulfonamides is 1. The van der Waals surface area contributed by atoms with E-state index in [0.29, 0.717) is 13.0 Å². The molecule has 1 amide bonds. The zero-order valence-corrected chi connectivity index (χ0v) is 17.6. The molecule has 166 valence electrons. The van der Waals surface area contributed by atoms with Crippen LogP contribution in [-0.4, -0.2) is 62.9 Å². The molecule has 31 heavy (non-hydrogen) atoms. The van der Waals surface area contributed by atoms with Crippen molar-refractivity contribution in [3.8, 4) is 0 Å². The van der Waals surface area contributed by atoms with Gasteiger partial charge in [0.2, 0.25) is 15.9 Å². The molecule has 1 heterocycles. The average Bonchev–Trinajstić information content (AvgIpc) is 2.78. The quantitative estimate of drug-likeness (QED) is 0.438. The van der Waals surface area contributed by atoms with Crippen molar-refractivity contribution in [1.29, 1.82) is 0 Å². The lowest BCUT2D eigenvalue weighted by atomic mass is 10.1. The number of carbonyl (C=O) groups is 1. The predicted molar refractivity (Wildman–Crippen MR) is 114 cm³/mol. The smallest absolute Gasteiger partial charge is 0.293 e. The zero-order chi connectivity index (χ0) is 22.3. The van der Waals surface area contributed by atoms with E-state index in [1.54, 1.807) is 0 Å². The molecule has 2 aromatic rings. The van der Waals surface area contributed by atoms with Gasteiger partial charge in [0.25, 0.3) is 5.69 Å². The second kappa shape index (κ2) is 10.3. The highest BCUT2D eigenvalue weighted by atomic mass is 32.2. The summed E-state index contributed by atoms with van der Waals surface area (Å²) >= 11 is 0. The summed E-state index contributed by atoms with van der Waals surface area (Å²) in [6.45, 7) is 1.20. The minimum atomic E-state index is -3.86. The molecule has 11 heteroatoms. The lowest BCUT2D eigenvalue weighted by Gasteiger charge is -2.26. The maximum Gasteiger partial charge on any atom is 0.293 e. The number of anilines is 1. The molecular weight excluding hydrogens is 424 g/mol. The summed E-state index contributed by atoms with van der Waals surface area (Å²) < 4.78 is 31.9. The van der Waals surface area contributed by atoms with Crippen LogP contribution in [0.3, 0.4) is 0 Å². The zero-order valence-electron chi connectivity index (χ0n) is 16.8. The van der Waals surface area contributed by atoms with E-state index in [1.807, 2.05) is 30.3 Å². The number of carbonyl (C=O) groups excluding carboxylic acids is 1. The van der Waals surface area contributed by atoms with E-state index < -0.39 is 20.6 Å². The summed E-state index contributed by atoms with van der Waals surface area (Å²) in [4.78, 5) is 22.7. The van der Waals surface area contributed by atoms with Crippen molar-refractivity contribution in [2.75, 3.05) is 44.7 Å². The van der Waals surface area contributed by atoms with Crippen molar-refractivity contribution in [3.05, 3.63) is 64.2 Å². The van der Waals surface area contributed by atoms with Gasteiger partial charge in [-0.15, -0.1) is 0 Å². The molecule has 1 saturated heterocycles. The monoisotopic (exact) mass is 448 g/mol. The summed E-state index contributed by atoms with van der Waals surface area (Å²) in [5, 5.41) is 16.9. The van der Waals surface area contributed by atoms with Crippen LogP contribution in [-0.2, 0) is 26.0 Å². The van der Waals surface area contributed by atoms with Gasteiger partial charge in [0.1, 0.15) is 5.69 Å². The maximum atomic E-state index is 12.7. The summed E-state index contributed by atoms with van der Waals surface area (Å²) in [5.74, 6) is -0.324. The molecule has 0 aliphatic carbocycles. The molecule has 0 aromatic heterocycles. The lowest BCUT2D eigenvalue weighted by molar-refractivity contribution is -0.384. The number of nitrogens with zero attached hydrogens (tertiary/aromatic N) is 2. The third-order valence-corrected chi connectivity index (χ3v) is 6.69. The predicted octanol–water partition coefficient (Wildman–Crippen LogP) is 1.39. The van der Waals surface area contributed by atoms with Crippen molar-refractivity contribution >= 4 is 27.3 Å². The molecule has 0 saturated carbocycles. The number of rotatable bonds is 9. The van der Waals surface area contributed by atoms with E-state index in [0.717, 1.165) is 11.6 Å². The first-order valence-electron chi connectivity index (χ1n) is 9.79. The molecule has 10 nitrogen and oxygen atoms in total. The summed E-state index contributed by atoms with van der Waals surface area (Å²) in [6, 6.07) is 13.3. The molecule has 1 fully saturated rings. The van der Waals surface area contributed by atoms with Crippen molar-refractivity contribution in [3.63, 3.8) is 0 Å². The molecule has 2 aromatic carbocycles. The van der Waals surface area contributed by atoms with Crippen LogP contribution in [0.2, 0.25) is 0 Å². The summed E-state index contributed by atoms with van der Waals surface area (Å²) in [7, 11) is -3.86. The molecule has 2 N–H and O–H groups in total. The SMILES string of the molecule is O=C(CNc1ccc(S(=O)(=O)N2CCOCC2)cc1[N+](=O)[O-])NCCc1ccccc1. The van der Waals surface area contributed by atoms with Gasteiger partial charge in [-0.25, -0.2) is 8.42 Å². The van der Waals surface area contributed by atoms with Crippen LogP contribution in [0.1, 0.15) is 5.56 Å². The Labute approximate surface area is 180 Å². The van der Waals surface area contributed by atoms with Crippen LogP contribution >= 0.6 is 0 Å². The largest absolute Gasteiger partial charge is 0.379 e. The first kappa shape index (κ1) is 22.7. The minimum Gasteiger partial charge on any atom is -0.379 e. The molecule has 0 radical (unpaired) electrons. The fourth-order valence-corrected chi connectivity index (χ4v) is 4.57. The van der Waals surface area contributed by atoms with E-state index >= 15 is 0 Å². The Kier molecular flexibility index (Phi) is 7.55. The third kappa shape index (κ3) is 6.00. The Morgan fingerprint density at radius 2 is 1.84 bits per heavy atom. The van der Waals surface area contributed by atoms with Crippen LogP contribution < -0.4 is 10.6 Å². The number of hydrogen-bond acceptors (Lipinski definition) is 7. The normalized spacial score (nSPS) is 14.7. The Balaban J connectivity index is 1.62. The Hall–Kier alpha value is -3.02. The molecule has 3 rings (SSSR count). The fourth-order valence-electron chi connectivity index (χ4n) is 3.14. The molecule has 0 unspecified atom stereocenters. The van der Waals surface area contributed by atoms with Crippen molar-refractivity contribution < 1.29 is 22.9 Å². The number of nitrogens with one attached hydrogen (secondary N) is 2. The second-order valence-corrected chi connectivity index (χ2v) is 8.83. The molecule has 1 aliphatic heterocycles. The highest BCUT2D eigenvalue weighted by Gasteiger charge is 2.28. The van der Waals surface area contributed by atoms with E-state index in [-0.39, 0.29) is 49.3 Å². The number of morpholine rings is 1. The van der Waals surface area contributed by atoms with Gasteiger partial charge in [0.05, 0.1) is 29.6 Å². The topological polar surface area (TPSA) is 131 Å². The van der Waals surface area contributed by atoms with Crippen LogP contribution in [0.4, 0.5) is 11.4 Å². The third-order valence-electron chi connectivity index (χ3n) is 4.79. The van der Waals surface area contributed by atoms with E-state index in [2.05, 4.69) is 10.6 Å². The number of amides is 1. The van der Waals surface area contributed by atoms with Gasteiger partial charge in [-0.3, -0.25) is 14.9 Å². The van der Waals surface area contributed by atoms with Crippen molar-refractivity contribution in [1.82, 2.24) is 9.62 Å². The number of ether oxygens (including phenoxy) is 1. The van der Waals surface area contributed by atoms with Gasteiger partial charge in [0.15, 0.2) is 0 Å². The van der Waals surface area contributed by atoms with Crippen LogP contribution in [0.25, 0.3) is 0 Å². The Morgan fingerprint density at radius 1 is 1.13 bits per heavy atom. The maximum absolute atomic E-state index is 12.7. The highest BCUT2D eigenvalue weighted by Crippen LogP contribution is 2.29. The number of nitro groups is 1. The first-order chi connectivity index (χ1) is 14.9. The Morgan fingerprint density at radius 3 is 2.52 bits per heavy atom. The fraction of sp³-hybridized carbons (Fsp3) is 0.350. The van der Waals surface area contributed by atoms with Gasteiger partial charge in [-0.2, -0.15) is 4.31 Å². The van der Waals surface area contributed by atoms with Gasteiger partial charge >= 0.3 is 0 Å². The van der Waals surface area contributed by atoms with Crippen LogP contribution in [0.15, 0.2) is 53.4 Å². The van der Waals surface area contributed by atoms with Gasteiger partial charge < -0.3 is 15.4 Å². The molecule has 0 spiro atoms. The van der Waals surface area contributed by atoms with Gasteiger partial charge in [-0.05, 0) is 24.1 Å².